The Balaban J connectivity index is 2.14. The number of hydrogen-bond acceptors (Lipinski definition) is 4. The summed E-state index contributed by atoms with van der Waals surface area (Å²) in [4.78, 5) is 19.4. The zero-order valence-electron chi connectivity index (χ0n) is 7.47. The first kappa shape index (κ1) is 8.89. The molecule has 14 heavy (non-hydrogen) atoms. The lowest BCUT2D eigenvalue weighted by molar-refractivity contribution is 0.101. The first-order valence-corrected chi connectivity index (χ1v) is 4.83. The molecule has 0 aliphatic heterocycles. The first-order valence-electron chi connectivity index (χ1n) is 3.95. The van der Waals surface area contributed by atoms with Gasteiger partial charge in [-0.3, -0.25) is 10.1 Å². The molecule has 0 bridgehead atoms. The van der Waals surface area contributed by atoms with Crippen molar-refractivity contribution in [3.8, 4) is 0 Å². The van der Waals surface area contributed by atoms with Crippen LogP contribution in [-0.2, 0) is 7.05 Å². The van der Waals surface area contributed by atoms with Crippen molar-refractivity contribution in [1.82, 2.24) is 14.5 Å². The van der Waals surface area contributed by atoms with Gasteiger partial charge in [-0.25, -0.2) is 9.97 Å². The molecule has 2 heterocycles. The van der Waals surface area contributed by atoms with Gasteiger partial charge in [0, 0.05) is 31.0 Å². The van der Waals surface area contributed by atoms with Gasteiger partial charge in [-0.15, -0.1) is 11.3 Å². The summed E-state index contributed by atoms with van der Waals surface area (Å²) >= 11 is 1.37. The molecule has 2 rings (SSSR count). The second-order valence-corrected chi connectivity index (χ2v) is 3.55. The third-order valence-corrected chi connectivity index (χ3v) is 2.37. The number of anilines is 1. The van der Waals surface area contributed by atoms with Gasteiger partial charge in [-0.1, -0.05) is 0 Å². The Kier molecular flexibility index (Phi) is 2.28. The number of nitrogens with one attached hydrogen (secondary N) is 1. The largest absolute Gasteiger partial charge is 0.330 e. The average Bonchev–Trinajstić information content (AvgIpc) is 2.75. The van der Waals surface area contributed by atoms with Crippen molar-refractivity contribution in [1.29, 1.82) is 0 Å². The summed E-state index contributed by atoms with van der Waals surface area (Å²) in [6, 6.07) is 0. The standard InChI is InChI=1S/C8H8N4OS/c1-12-4-2-9-6(12)7(13)11-8-10-3-5-14-8/h2-5H,1H3,(H,10,11,13). The van der Waals surface area contributed by atoms with Crippen molar-refractivity contribution in [3.05, 3.63) is 29.8 Å². The Morgan fingerprint density at radius 1 is 1.50 bits per heavy atom. The van der Waals surface area contributed by atoms with E-state index in [9.17, 15) is 4.79 Å². The molecule has 0 saturated carbocycles. The SMILES string of the molecule is Cn1ccnc1C(=O)Nc1nccs1. The highest BCUT2D eigenvalue weighted by molar-refractivity contribution is 7.13. The lowest BCUT2D eigenvalue weighted by Crippen LogP contribution is -2.16. The fourth-order valence-electron chi connectivity index (χ4n) is 1.02. The van der Waals surface area contributed by atoms with E-state index in [0.29, 0.717) is 11.0 Å². The molecule has 0 aliphatic carbocycles. The molecule has 0 unspecified atom stereocenters. The molecule has 0 saturated heterocycles. The molecule has 2 aromatic rings. The van der Waals surface area contributed by atoms with E-state index in [1.54, 1.807) is 35.6 Å². The number of amides is 1. The quantitative estimate of drug-likeness (QED) is 0.804. The third-order valence-electron chi connectivity index (χ3n) is 1.68. The minimum Gasteiger partial charge on any atom is -0.330 e. The molecule has 0 fully saturated rings. The molecule has 0 aliphatic rings. The van der Waals surface area contributed by atoms with Crippen LogP contribution in [0.1, 0.15) is 10.6 Å². The van der Waals surface area contributed by atoms with Crippen molar-refractivity contribution < 1.29 is 4.79 Å². The van der Waals surface area contributed by atoms with Crippen LogP contribution in [0.2, 0.25) is 0 Å². The van der Waals surface area contributed by atoms with Crippen LogP contribution in [0.4, 0.5) is 5.13 Å². The van der Waals surface area contributed by atoms with Crippen LogP contribution < -0.4 is 5.32 Å². The number of nitrogens with zero attached hydrogens (tertiary/aromatic N) is 3. The Hall–Kier alpha value is -1.69. The summed E-state index contributed by atoms with van der Waals surface area (Å²) in [6.07, 6.45) is 4.94. The summed E-state index contributed by atoms with van der Waals surface area (Å²) in [6.45, 7) is 0. The number of aromatic nitrogens is 3. The lowest BCUT2D eigenvalue weighted by atomic mass is 10.5. The fraction of sp³-hybridized carbons (Fsp3) is 0.125. The van der Waals surface area contributed by atoms with Crippen molar-refractivity contribution >= 4 is 22.4 Å². The maximum atomic E-state index is 11.6. The Bertz CT molecular complexity index is 434. The van der Waals surface area contributed by atoms with E-state index >= 15 is 0 Å². The van der Waals surface area contributed by atoms with Gasteiger partial charge >= 0.3 is 0 Å². The summed E-state index contributed by atoms with van der Waals surface area (Å²) in [5, 5.41) is 5.03. The highest BCUT2D eigenvalue weighted by Crippen LogP contribution is 2.11. The van der Waals surface area contributed by atoms with Gasteiger partial charge in [0.25, 0.3) is 5.91 Å². The average molecular weight is 208 g/mol. The number of carbonyl (C=O) groups excluding carboxylic acids is 1. The minimum absolute atomic E-state index is 0.243. The zero-order valence-corrected chi connectivity index (χ0v) is 8.28. The van der Waals surface area contributed by atoms with E-state index in [0.717, 1.165) is 0 Å². The van der Waals surface area contributed by atoms with E-state index in [2.05, 4.69) is 15.3 Å². The zero-order chi connectivity index (χ0) is 9.97. The maximum absolute atomic E-state index is 11.6. The molecule has 72 valence electrons. The van der Waals surface area contributed by atoms with Crippen molar-refractivity contribution in [2.75, 3.05) is 5.32 Å². The summed E-state index contributed by atoms with van der Waals surface area (Å²) < 4.78 is 1.66. The van der Waals surface area contributed by atoms with Crippen LogP contribution in [0, 0.1) is 0 Å². The van der Waals surface area contributed by atoms with Crippen LogP contribution in [0.25, 0.3) is 0 Å². The summed E-state index contributed by atoms with van der Waals surface area (Å²) in [7, 11) is 1.77. The summed E-state index contributed by atoms with van der Waals surface area (Å²) in [5.74, 6) is 0.132. The van der Waals surface area contributed by atoms with Gasteiger partial charge in [0.1, 0.15) is 0 Å². The van der Waals surface area contributed by atoms with E-state index in [-0.39, 0.29) is 5.91 Å². The predicted molar refractivity (Wildman–Crippen MR) is 53.3 cm³/mol. The molecule has 5 nitrogen and oxygen atoms in total. The van der Waals surface area contributed by atoms with E-state index in [4.69, 9.17) is 0 Å². The van der Waals surface area contributed by atoms with Crippen LogP contribution >= 0.6 is 11.3 Å². The van der Waals surface area contributed by atoms with Gasteiger partial charge in [0.05, 0.1) is 0 Å². The topological polar surface area (TPSA) is 59.8 Å². The predicted octanol–water partition coefficient (Wildman–Crippen LogP) is 1.13. The second kappa shape index (κ2) is 3.59. The Morgan fingerprint density at radius 3 is 2.93 bits per heavy atom. The molecule has 6 heteroatoms. The molecular weight excluding hydrogens is 200 g/mol. The number of thiazole rings is 1. The molecule has 1 amide bonds. The lowest BCUT2D eigenvalue weighted by Gasteiger charge is -2.00. The van der Waals surface area contributed by atoms with E-state index < -0.39 is 0 Å². The van der Waals surface area contributed by atoms with Crippen LogP contribution in [0.15, 0.2) is 24.0 Å². The van der Waals surface area contributed by atoms with Crippen molar-refractivity contribution in [2.45, 2.75) is 0 Å². The molecule has 0 aromatic carbocycles. The number of hydrogen-bond donors (Lipinski definition) is 1. The normalized spacial score (nSPS) is 10.1. The second-order valence-electron chi connectivity index (χ2n) is 2.65. The van der Waals surface area contributed by atoms with Gasteiger partial charge in [0.15, 0.2) is 11.0 Å². The summed E-state index contributed by atoms with van der Waals surface area (Å²) in [5.41, 5.74) is 0. The molecule has 2 aromatic heterocycles. The fourth-order valence-corrected chi connectivity index (χ4v) is 1.55. The van der Waals surface area contributed by atoms with Gasteiger partial charge in [-0.2, -0.15) is 0 Å². The molecule has 0 spiro atoms. The van der Waals surface area contributed by atoms with E-state index in [1.807, 2.05) is 0 Å². The highest BCUT2D eigenvalue weighted by atomic mass is 32.1. The van der Waals surface area contributed by atoms with Crippen LogP contribution in [0.3, 0.4) is 0 Å². The Labute approximate surface area is 84.4 Å². The molecule has 0 radical (unpaired) electrons. The van der Waals surface area contributed by atoms with Crippen LogP contribution in [0.5, 0.6) is 0 Å². The number of imidazole rings is 1. The van der Waals surface area contributed by atoms with Gasteiger partial charge in [-0.05, 0) is 0 Å². The third kappa shape index (κ3) is 1.64. The van der Waals surface area contributed by atoms with Crippen LogP contribution in [-0.4, -0.2) is 20.4 Å². The molecule has 1 N–H and O–H groups in total. The smallest absolute Gasteiger partial charge is 0.293 e. The van der Waals surface area contributed by atoms with Gasteiger partial charge < -0.3 is 4.57 Å². The number of rotatable bonds is 2. The molecular formula is C8H8N4OS. The number of carbonyl (C=O) groups is 1. The molecule has 0 atom stereocenters. The van der Waals surface area contributed by atoms with Crippen molar-refractivity contribution in [2.24, 2.45) is 7.05 Å². The minimum atomic E-state index is -0.243. The maximum Gasteiger partial charge on any atom is 0.293 e. The van der Waals surface area contributed by atoms with E-state index in [1.165, 1.54) is 11.3 Å². The Morgan fingerprint density at radius 2 is 2.36 bits per heavy atom. The van der Waals surface area contributed by atoms with Gasteiger partial charge in [0.2, 0.25) is 0 Å². The highest BCUT2D eigenvalue weighted by Gasteiger charge is 2.11. The first-order chi connectivity index (χ1) is 6.77. The van der Waals surface area contributed by atoms with Crippen molar-refractivity contribution in [3.63, 3.8) is 0 Å². The monoisotopic (exact) mass is 208 g/mol. The number of aryl methyl sites for hydroxylation is 1.